The molecule has 1 heterocycles. The van der Waals surface area contributed by atoms with E-state index >= 15 is 0 Å². The summed E-state index contributed by atoms with van der Waals surface area (Å²) in [4.78, 5) is 11.8. The van der Waals surface area contributed by atoms with Crippen molar-refractivity contribution < 1.29 is 24.9 Å². The van der Waals surface area contributed by atoms with E-state index in [1.165, 1.54) is 0 Å². The molecule has 5 heteroatoms. The van der Waals surface area contributed by atoms with Crippen LogP contribution in [0.2, 0.25) is 0 Å². The average molecular weight is 244 g/mol. The lowest BCUT2D eigenvalue weighted by Crippen LogP contribution is -2.60. The molecule has 0 amide bonds. The molecule has 2 fully saturated rings. The molecular formula is C12H20O5. The van der Waals surface area contributed by atoms with E-state index in [1.807, 2.05) is 6.92 Å². The van der Waals surface area contributed by atoms with Crippen LogP contribution in [0.3, 0.4) is 0 Å². The summed E-state index contributed by atoms with van der Waals surface area (Å²) < 4.78 is 5.69. The van der Waals surface area contributed by atoms with E-state index in [-0.39, 0.29) is 6.10 Å². The molecule has 1 saturated carbocycles. The second kappa shape index (κ2) is 5.02. The predicted molar refractivity (Wildman–Crippen MR) is 59.3 cm³/mol. The second-order valence-corrected chi connectivity index (χ2v) is 5.00. The summed E-state index contributed by atoms with van der Waals surface area (Å²) in [5.74, 6) is -1.18. The van der Waals surface area contributed by atoms with Crippen LogP contribution in [-0.2, 0) is 9.53 Å². The fourth-order valence-electron chi connectivity index (χ4n) is 2.85. The fraction of sp³-hybridized carbons (Fsp3) is 0.917. The zero-order valence-electron chi connectivity index (χ0n) is 9.95. The summed E-state index contributed by atoms with van der Waals surface area (Å²) in [5.41, 5.74) is 0. The number of carbonyl (C=O) groups is 1. The third-order valence-corrected chi connectivity index (χ3v) is 3.80. The Morgan fingerprint density at radius 1 is 1.24 bits per heavy atom. The fourth-order valence-corrected chi connectivity index (χ4v) is 2.85. The Kier molecular flexibility index (Phi) is 3.82. The summed E-state index contributed by atoms with van der Waals surface area (Å²) in [6.45, 7) is 1.98. The van der Waals surface area contributed by atoms with Gasteiger partial charge in [-0.1, -0.05) is 13.3 Å². The smallest absolute Gasteiger partial charge is 0.169 e. The highest BCUT2D eigenvalue weighted by Crippen LogP contribution is 2.35. The molecule has 0 radical (unpaired) electrons. The summed E-state index contributed by atoms with van der Waals surface area (Å²) in [6, 6.07) is 0. The van der Waals surface area contributed by atoms with Crippen molar-refractivity contribution in [2.45, 2.75) is 63.1 Å². The Bertz CT molecular complexity index is 291. The Hall–Kier alpha value is -0.490. The van der Waals surface area contributed by atoms with Crippen molar-refractivity contribution in [3.8, 4) is 0 Å². The maximum absolute atomic E-state index is 11.8. The quantitative estimate of drug-likeness (QED) is 0.616. The van der Waals surface area contributed by atoms with Crippen LogP contribution in [-0.4, -0.2) is 51.6 Å². The van der Waals surface area contributed by atoms with Gasteiger partial charge in [0.1, 0.15) is 12.2 Å². The van der Waals surface area contributed by atoms with Crippen molar-refractivity contribution in [2.24, 2.45) is 5.92 Å². The highest BCUT2D eigenvalue weighted by Gasteiger charge is 2.50. The standard InChI is InChI=1S/C12H20O5/c1-2-3-8-11(15)12(16)9-7(17-8)5-4-6(13)10(9)14/h6-9,11-13,15-16H,2-5H2,1H3. The van der Waals surface area contributed by atoms with Gasteiger partial charge >= 0.3 is 0 Å². The molecule has 17 heavy (non-hydrogen) atoms. The molecular weight excluding hydrogens is 224 g/mol. The Balaban J connectivity index is 2.14. The molecule has 6 atom stereocenters. The highest BCUT2D eigenvalue weighted by molar-refractivity contribution is 5.87. The van der Waals surface area contributed by atoms with Gasteiger partial charge in [0.05, 0.1) is 24.2 Å². The van der Waals surface area contributed by atoms with Crippen LogP contribution < -0.4 is 0 Å². The van der Waals surface area contributed by atoms with Gasteiger partial charge in [0.15, 0.2) is 5.78 Å². The maximum Gasteiger partial charge on any atom is 0.169 e. The van der Waals surface area contributed by atoms with Crippen molar-refractivity contribution >= 4 is 5.78 Å². The van der Waals surface area contributed by atoms with E-state index < -0.39 is 36.1 Å². The van der Waals surface area contributed by atoms with E-state index in [9.17, 15) is 20.1 Å². The van der Waals surface area contributed by atoms with Gasteiger partial charge in [0, 0.05) is 0 Å². The minimum absolute atomic E-state index is 0.360. The lowest BCUT2D eigenvalue weighted by Gasteiger charge is -2.45. The number of aliphatic hydroxyl groups excluding tert-OH is 3. The largest absolute Gasteiger partial charge is 0.389 e. The molecule has 6 unspecified atom stereocenters. The Morgan fingerprint density at radius 3 is 2.59 bits per heavy atom. The number of aliphatic hydroxyl groups is 3. The molecule has 0 aromatic heterocycles. The monoisotopic (exact) mass is 244 g/mol. The summed E-state index contributed by atoms with van der Waals surface area (Å²) in [6.07, 6.45) is -1.49. The number of hydrogen-bond donors (Lipinski definition) is 3. The van der Waals surface area contributed by atoms with Crippen LogP contribution >= 0.6 is 0 Å². The van der Waals surface area contributed by atoms with Gasteiger partial charge < -0.3 is 20.1 Å². The highest BCUT2D eigenvalue weighted by atomic mass is 16.5. The third-order valence-electron chi connectivity index (χ3n) is 3.80. The van der Waals surface area contributed by atoms with Crippen LogP contribution in [0.1, 0.15) is 32.6 Å². The lowest BCUT2D eigenvalue weighted by atomic mass is 9.75. The number of rotatable bonds is 2. The Labute approximate surface area is 100 Å². The van der Waals surface area contributed by atoms with Crippen molar-refractivity contribution in [3.05, 3.63) is 0 Å². The second-order valence-electron chi connectivity index (χ2n) is 5.00. The summed E-state index contributed by atoms with van der Waals surface area (Å²) >= 11 is 0. The minimum Gasteiger partial charge on any atom is -0.389 e. The van der Waals surface area contributed by atoms with Gasteiger partial charge in [0.2, 0.25) is 0 Å². The first-order valence-electron chi connectivity index (χ1n) is 6.29. The average Bonchev–Trinajstić information content (AvgIpc) is 2.30. The van der Waals surface area contributed by atoms with E-state index in [0.717, 1.165) is 6.42 Å². The number of ketones is 1. The van der Waals surface area contributed by atoms with E-state index in [1.54, 1.807) is 0 Å². The molecule has 1 aliphatic carbocycles. The normalized spacial score (nSPS) is 46.7. The van der Waals surface area contributed by atoms with Crippen LogP contribution in [0.15, 0.2) is 0 Å². The Morgan fingerprint density at radius 2 is 1.94 bits per heavy atom. The van der Waals surface area contributed by atoms with E-state index in [2.05, 4.69) is 0 Å². The molecule has 3 N–H and O–H groups in total. The molecule has 2 rings (SSSR count). The first-order chi connectivity index (χ1) is 8.06. The summed E-state index contributed by atoms with van der Waals surface area (Å²) in [7, 11) is 0. The zero-order valence-corrected chi connectivity index (χ0v) is 9.95. The van der Waals surface area contributed by atoms with Crippen molar-refractivity contribution in [2.75, 3.05) is 0 Å². The molecule has 0 spiro atoms. The van der Waals surface area contributed by atoms with Gasteiger partial charge in [-0.3, -0.25) is 4.79 Å². The molecule has 2 aliphatic rings. The first kappa shape index (κ1) is 13.0. The molecule has 0 aromatic rings. The molecule has 0 bridgehead atoms. The number of hydrogen-bond acceptors (Lipinski definition) is 5. The van der Waals surface area contributed by atoms with Gasteiger partial charge in [-0.25, -0.2) is 0 Å². The third kappa shape index (κ3) is 2.25. The van der Waals surface area contributed by atoms with Crippen molar-refractivity contribution in [3.63, 3.8) is 0 Å². The number of carbonyl (C=O) groups excluding carboxylic acids is 1. The van der Waals surface area contributed by atoms with Gasteiger partial charge in [-0.05, 0) is 19.3 Å². The van der Waals surface area contributed by atoms with Crippen LogP contribution in [0.5, 0.6) is 0 Å². The SMILES string of the molecule is CCCC1OC2CCC(O)C(=O)C2C(O)C1O. The van der Waals surface area contributed by atoms with Crippen molar-refractivity contribution in [1.82, 2.24) is 0 Å². The van der Waals surface area contributed by atoms with Gasteiger partial charge in [0.25, 0.3) is 0 Å². The molecule has 1 saturated heterocycles. The minimum atomic E-state index is -1.12. The van der Waals surface area contributed by atoms with Gasteiger partial charge in [-0.2, -0.15) is 0 Å². The molecule has 1 aliphatic heterocycles. The topological polar surface area (TPSA) is 87.0 Å². The van der Waals surface area contributed by atoms with Crippen LogP contribution in [0, 0.1) is 5.92 Å². The van der Waals surface area contributed by atoms with Gasteiger partial charge in [-0.15, -0.1) is 0 Å². The zero-order chi connectivity index (χ0) is 12.6. The molecule has 5 nitrogen and oxygen atoms in total. The number of ether oxygens (including phenoxy) is 1. The van der Waals surface area contributed by atoms with Crippen LogP contribution in [0.4, 0.5) is 0 Å². The summed E-state index contributed by atoms with van der Waals surface area (Å²) in [5, 5.41) is 29.4. The molecule has 98 valence electrons. The van der Waals surface area contributed by atoms with Crippen molar-refractivity contribution in [1.29, 1.82) is 0 Å². The van der Waals surface area contributed by atoms with Crippen LogP contribution in [0.25, 0.3) is 0 Å². The van der Waals surface area contributed by atoms with E-state index in [4.69, 9.17) is 4.74 Å². The predicted octanol–water partition coefficient (Wildman–Crippen LogP) is -0.384. The molecule has 0 aromatic carbocycles. The number of Topliss-reactive ketones (excluding diaryl/α,β-unsaturated/α-hetero) is 1. The number of fused-ring (bicyclic) bond motifs is 1. The van der Waals surface area contributed by atoms with E-state index in [0.29, 0.717) is 19.3 Å². The lowest BCUT2D eigenvalue weighted by molar-refractivity contribution is -0.214. The first-order valence-corrected chi connectivity index (χ1v) is 6.29. The maximum atomic E-state index is 11.8.